The van der Waals surface area contributed by atoms with Crippen LogP contribution in [0.1, 0.15) is 23.2 Å². The molecular weight excluding hydrogens is 320 g/mol. The zero-order chi connectivity index (χ0) is 13.5. The minimum Gasteiger partial charge on any atom is -0.478 e. The van der Waals surface area contributed by atoms with E-state index in [-0.39, 0.29) is 11.5 Å². The van der Waals surface area contributed by atoms with E-state index in [1.165, 1.54) is 18.9 Å². The standard InChI is InChI=1S/C12H13BrO4S/c1-17-11(14)3-2-6-18-8-4-5-10(13)9(7-8)12(15)16/h4-5,7H,2-3,6H2,1H3,(H,15,16). The van der Waals surface area contributed by atoms with Crippen LogP contribution in [0.3, 0.4) is 0 Å². The second kappa shape index (κ2) is 7.43. The summed E-state index contributed by atoms with van der Waals surface area (Å²) in [6, 6.07) is 5.18. The zero-order valence-electron chi connectivity index (χ0n) is 9.81. The van der Waals surface area contributed by atoms with E-state index in [1.54, 1.807) is 12.1 Å². The van der Waals surface area contributed by atoms with Crippen molar-refractivity contribution in [3.05, 3.63) is 28.2 Å². The summed E-state index contributed by atoms with van der Waals surface area (Å²) in [6.07, 6.45) is 1.08. The fraction of sp³-hybridized carbons (Fsp3) is 0.333. The third kappa shape index (κ3) is 4.70. The number of benzene rings is 1. The molecule has 0 saturated heterocycles. The molecule has 0 fully saturated rings. The predicted molar refractivity (Wildman–Crippen MR) is 73.1 cm³/mol. The smallest absolute Gasteiger partial charge is 0.336 e. The normalized spacial score (nSPS) is 10.1. The molecule has 0 heterocycles. The van der Waals surface area contributed by atoms with Crippen LogP contribution < -0.4 is 0 Å². The molecule has 0 saturated carbocycles. The van der Waals surface area contributed by atoms with Gasteiger partial charge in [0.25, 0.3) is 0 Å². The van der Waals surface area contributed by atoms with Crippen molar-refractivity contribution in [2.75, 3.05) is 12.9 Å². The van der Waals surface area contributed by atoms with E-state index in [1.807, 2.05) is 6.07 Å². The van der Waals surface area contributed by atoms with Crippen molar-refractivity contribution >= 4 is 39.6 Å². The molecule has 1 N–H and O–H groups in total. The van der Waals surface area contributed by atoms with Crippen LogP contribution in [-0.4, -0.2) is 29.9 Å². The van der Waals surface area contributed by atoms with Crippen LogP contribution in [-0.2, 0) is 9.53 Å². The van der Waals surface area contributed by atoms with Crippen molar-refractivity contribution in [2.45, 2.75) is 17.7 Å². The van der Waals surface area contributed by atoms with Crippen molar-refractivity contribution in [3.8, 4) is 0 Å². The van der Waals surface area contributed by atoms with Crippen molar-refractivity contribution in [1.29, 1.82) is 0 Å². The number of aromatic carboxylic acids is 1. The first-order valence-corrected chi connectivity index (χ1v) is 7.05. The summed E-state index contributed by atoms with van der Waals surface area (Å²) in [5, 5.41) is 8.97. The first-order chi connectivity index (χ1) is 8.54. The van der Waals surface area contributed by atoms with Crippen molar-refractivity contribution in [1.82, 2.24) is 0 Å². The van der Waals surface area contributed by atoms with Gasteiger partial charge in [-0.15, -0.1) is 11.8 Å². The molecule has 0 amide bonds. The molecule has 98 valence electrons. The quantitative estimate of drug-likeness (QED) is 0.492. The Morgan fingerprint density at radius 3 is 2.78 bits per heavy atom. The lowest BCUT2D eigenvalue weighted by Gasteiger charge is -2.04. The number of hydrogen-bond acceptors (Lipinski definition) is 4. The molecule has 0 aliphatic rings. The maximum absolute atomic E-state index is 10.9. The second-order valence-corrected chi connectivity index (χ2v) is 5.50. The molecular formula is C12H13BrO4S. The van der Waals surface area contributed by atoms with Gasteiger partial charge in [-0.3, -0.25) is 4.79 Å². The van der Waals surface area contributed by atoms with Gasteiger partial charge >= 0.3 is 11.9 Å². The van der Waals surface area contributed by atoms with Gasteiger partial charge in [0.1, 0.15) is 0 Å². The van der Waals surface area contributed by atoms with Crippen LogP contribution in [0.2, 0.25) is 0 Å². The number of esters is 1. The summed E-state index contributed by atoms with van der Waals surface area (Å²) in [5.74, 6) is -0.438. The summed E-state index contributed by atoms with van der Waals surface area (Å²) in [5.41, 5.74) is 0.243. The molecule has 0 atom stereocenters. The number of carboxylic acids is 1. The molecule has 0 radical (unpaired) electrons. The average Bonchev–Trinajstić information content (AvgIpc) is 2.35. The SMILES string of the molecule is COC(=O)CCCSc1ccc(Br)c(C(=O)O)c1. The third-order valence-electron chi connectivity index (χ3n) is 2.19. The van der Waals surface area contributed by atoms with Gasteiger partial charge in [0.05, 0.1) is 12.7 Å². The highest BCUT2D eigenvalue weighted by Crippen LogP contribution is 2.25. The van der Waals surface area contributed by atoms with Crippen molar-refractivity contribution < 1.29 is 19.4 Å². The van der Waals surface area contributed by atoms with Gasteiger partial charge in [0, 0.05) is 15.8 Å². The molecule has 0 aliphatic carbocycles. The van der Waals surface area contributed by atoms with E-state index < -0.39 is 5.97 Å². The first kappa shape index (κ1) is 15.0. The number of ether oxygens (including phenoxy) is 1. The van der Waals surface area contributed by atoms with Gasteiger partial charge in [-0.1, -0.05) is 0 Å². The minimum atomic E-state index is -0.959. The number of halogens is 1. The van der Waals surface area contributed by atoms with E-state index >= 15 is 0 Å². The van der Waals surface area contributed by atoms with Crippen LogP contribution in [0.15, 0.2) is 27.6 Å². The molecule has 1 aromatic carbocycles. The molecule has 6 heteroatoms. The maximum Gasteiger partial charge on any atom is 0.336 e. The Labute approximate surface area is 118 Å². The Hall–Kier alpha value is -1.01. The topological polar surface area (TPSA) is 63.6 Å². The van der Waals surface area contributed by atoms with Gasteiger partial charge in [-0.05, 0) is 46.3 Å². The molecule has 0 spiro atoms. The average molecular weight is 333 g/mol. The van der Waals surface area contributed by atoms with Crippen LogP contribution in [0.5, 0.6) is 0 Å². The molecule has 0 unspecified atom stereocenters. The van der Waals surface area contributed by atoms with E-state index in [0.29, 0.717) is 17.3 Å². The number of carbonyl (C=O) groups excluding carboxylic acids is 1. The summed E-state index contributed by atoms with van der Waals surface area (Å²) in [4.78, 5) is 22.7. The zero-order valence-corrected chi connectivity index (χ0v) is 12.2. The molecule has 18 heavy (non-hydrogen) atoms. The van der Waals surface area contributed by atoms with E-state index in [4.69, 9.17) is 5.11 Å². The molecule has 1 aromatic rings. The van der Waals surface area contributed by atoms with E-state index in [2.05, 4.69) is 20.7 Å². The number of methoxy groups -OCH3 is 1. The molecule has 1 rings (SSSR count). The highest BCUT2D eigenvalue weighted by atomic mass is 79.9. The molecule has 0 aliphatic heterocycles. The Balaban J connectivity index is 2.50. The monoisotopic (exact) mass is 332 g/mol. The summed E-state index contributed by atoms with van der Waals surface area (Å²) in [7, 11) is 1.36. The number of thioether (sulfide) groups is 1. The van der Waals surface area contributed by atoms with Crippen molar-refractivity contribution in [2.24, 2.45) is 0 Å². The Bertz CT molecular complexity index is 448. The predicted octanol–water partition coefficient (Wildman–Crippen LogP) is 3.19. The van der Waals surface area contributed by atoms with Gasteiger partial charge < -0.3 is 9.84 Å². The van der Waals surface area contributed by atoms with Crippen LogP contribution in [0.4, 0.5) is 0 Å². The molecule has 4 nitrogen and oxygen atoms in total. The lowest BCUT2D eigenvalue weighted by Crippen LogP contribution is -2.00. The Kier molecular flexibility index (Phi) is 6.21. The molecule has 0 bridgehead atoms. The summed E-state index contributed by atoms with van der Waals surface area (Å²) in [6.45, 7) is 0. The summed E-state index contributed by atoms with van der Waals surface area (Å²) >= 11 is 4.71. The Morgan fingerprint density at radius 1 is 1.44 bits per heavy atom. The maximum atomic E-state index is 10.9. The number of hydrogen-bond donors (Lipinski definition) is 1. The first-order valence-electron chi connectivity index (χ1n) is 5.27. The van der Waals surface area contributed by atoms with Crippen LogP contribution >= 0.6 is 27.7 Å². The van der Waals surface area contributed by atoms with Gasteiger partial charge in [0.2, 0.25) is 0 Å². The summed E-state index contributed by atoms with van der Waals surface area (Å²) < 4.78 is 5.10. The van der Waals surface area contributed by atoms with E-state index in [0.717, 1.165) is 10.6 Å². The highest BCUT2D eigenvalue weighted by Gasteiger charge is 2.09. The third-order valence-corrected chi connectivity index (χ3v) is 3.96. The van der Waals surface area contributed by atoms with Gasteiger partial charge in [0.15, 0.2) is 0 Å². The Morgan fingerprint density at radius 2 is 2.17 bits per heavy atom. The van der Waals surface area contributed by atoms with Crippen LogP contribution in [0.25, 0.3) is 0 Å². The van der Waals surface area contributed by atoms with Crippen molar-refractivity contribution in [3.63, 3.8) is 0 Å². The molecule has 0 aromatic heterocycles. The fourth-order valence-corrected chi connectivity index (χ4v) is 2.57. The number of carboxylic acid groups (broad SMARTS) is 1. The lowest BCUT2D eigenvalue weighted by atomic mass is 10.2. The largest absolute Gasteiger partial charge is 0.478 e. The highest BCUT2D eigenvalue weighted by molar-refractivity contribution is 9.10. The van der Waals surface area contributed by atoms with E-state index in [9.17, 15) is 9.59 Å². The number of carbonyl (C=O) groups is 2. The van der Waals surface area contributed by atoms with Gasteiger partial charge in [-0.2, -0.15) is 0 Å². The lowest BCUT2D eigenvalue weighted by molar-refractivity contribution is -0.140. The minimum absolute atomic E-state index is 0.224. The van der Waals surface area contributed by atoms with Crippen LogP contribution in [0, 0.1) is 0 Å². The fourth-order valence-electron chi connectivity index (χ4n) is 1.27. The number of rotatable bonds is 6. The van der Waals surface area contributed by atoms with Gasteiger partial charge in [-0.25, -0.2) is 4.79 Å². The second-order valence-electron chi connectivity index (χ2n) is 3.47.